The van der Waals surface area contributed by atoms with Gasteiger partial charge in [-0.25, -0.2) is 0 Å². The zero-order valence-corrected chi connectivity index (χ0v) is 14.3. The molecule has 0 spiro atoms. The smallest absolute Gasteiger partial charge is 0.222 e. The first kappa shape index (κ1) is 16.3. The minimum atomic E-state index is 0.354. The molecule has 2 aliphatic heterocycles. The van der Waals surface area contributed by atoms with Crippen molar-refractivity contribution in [3.63, 3.8) is 0 Å². The summed E-state index contributed by atoms with van der Waals surface area (Å²) in [7, 11) is 0. The first-order chi connectivity index (χ1) is 11.2. The molecule has 0 bridgehead atoms. The van der Waals surface area contributed by atoms with Crippen LogP contribution in [-0.2, 0) is 4.79 Å². The number of hydrogen-bond acceptors (Lipinski definition) is 3. The first-order valence-corrected chi connectivity index (χ1v) is 9.02. The van der Waals surface area contributed by atoms with E-state index in [2.05, 4.69) is 46.3 Å². The summed E-state index contributed by atoms with van der Waals surface area (Å²) in [6.07, 6.45) is 4.26. The van der Waals surface area contributed by atoms with E-state index in [9.17, 15) is 4.79 Å². The first-order valence-electron chi connectivity index (χ1n) is 9.02. The van der Waals surface area contributed by atoms with Crippen molar-refractivity contribution >= 4 is 11.6 Å². The second-order valence-electron chi connectivity index (χ2n) is 6.94. The molecule has 2 saturated heterocycles. The predicted octanol–water partition coefficient (Wildman–Crippen LogP) is 2.42. The molecule has 1 amide bonds. The Kier molecular flexibility index (Phi) is 5.55. The fourth-order valence-electron chi connectivity index (χ4n) is 3.69. The van der Waals surface area contributed by atoms with E-state index in [1.54, 1.807) is 0 Å². The lowest BCUT2D eigenvalue weighted by atomic mass is 9.93. The van der Waals surface area contributed by atoms with Gasteiger partial charge in [0.2, 0.25) is 5.91 Å². The summed E-state index contributed by atoms with van der Waals surface area (Å²) in [5.41, 5.74) is 2.58. The molecule has 0 aromatic heterocycles. The molecule has 4 nitrogen and oxygen atoms in total. The number of hydrogen-bond donors (Lipinski definition) is 1. The largest absolute Gasteiger partial charge is 0.368 e. The Labute approximate surface area is 139 Å². The number of nitrogens with zero attached hydrogens (tertiary/aromatic N) is 2. The van der Waals surface area contributed by atoms with E-state index in [1.165, 1.54) is 24.1 Å². The van der Waals surface area contributed by atoms with Crippen molar-refractivity contribution in [2.45, 2.75) is 32.6 Å². The third-order valence-corrected chi connectivity index (χ3v) is 5.22. The van der Waals surface area contributed by atoms with E-state index in [0.717, 1.165) is 58.0 Å². The minimum absolute atomic E-state index is 0.354. The van der Waals surface area contributed by atoms with Crippen LogP contribution in [0.5, 0.6) is 0 Å². The number of benzene rings is 1. The van der Waals surface area contributed by atoms with Gasteiger partial charge < -0.3 is 15.1 Å². The fraction of sp³-hybridized carbons (Fsp3) is 0.632. The third-order valence-electron chi connectivity index (χ3n) is 5.22. The summed E-state index contributed by atoms with van der Waals surface area (Å²) >= 11 is 0. The third kappa shape index (κ3) is 4.47. The van der Waals surface area contributed by atoms with Crippen LogP contribution in [0.3, 0.4) is 0 Å². The number of carbonyl (C=O) groups excluding carboxylic acids is 1. The molecule has 2 aliphatic rings. The van der Waals surface area contributed by atoms with Crippen molar-refractivity contribution in [1.29, 1.82) is 0 Å². The number of rotatable bonds is 4. The van der Waals surface area contributed by atoms with Gasteiger partial charge in [-0.2, -0.15) is 0 Å². The normalized spacial score (nSPS) is 19.9. The maximum atomic E-state index is 12.4. The summed E-state index contributed by atoms with van der Waals surface area (Å²) in [4.78, 5) is 16.9. The molecule has 0 unspecified atom stereocenters. The number of piperidine rings is 1. The number of anilines is 1. The second kappa shape index (κ2) is 7.82. The van der Waals surface area contributed by atoms with Gasteiger partial charge in [0.25, 0.3) is 0 Å². The van der Waals surface area contributed by atoms with Crippen molar-refractivity contribution in [2.24, 2.45) is 5.92 Å². The van der Waals surface area contributed by atoms with Crippen LogP contribution < -0.4 is 10.2 Å². The van der Waals surface area contributed by atoms with Gasteiger partial charge in [-0.05, 0) is 62.9 Å². The van der Waals surface area contributed by atoms with Crippen molar-refractivity contribution in [3.05, 3.63) is 29.8 Å². The van der Waals surface area contributed by atoms with Crippen LogP contribution in [0.1, 0.15) is 31.2 Å². The Hall–Kier alpha value is -1.55. The van der Waals surface area contributed by atoms with Gasteiger partial charge in [0, 0.05) is 38.3 Å². The average Bonchev–Trinajstić information content (AvgIpc) is 2.61. The molecule has 0 saturated carbocycles. The molecule has 23 heavy (non-hydrogen) atoms. The van der Waals surface area contributed by atoms with Crippen molar-refractivity contribution < 1.29 is 4.79 Å². The van der Waals surface area contributed by atoms with Crippen LogP contribution in [0.2, 0.25) is 0 Å². The van der Waals surface area contributed by atoms with Crippen LogP contribution in [0.4, 0.5) is 5.69 Å². The lowest BCUT2D eigenvalue weighted by Gasteiger charge is -2.36. The van der Waals surface area contributed by atoms with Gasteiger partial charge in [0.05, 0.1) is 0 Å². The number of aryl methyl sites for hydroxylation is 1. The van der Waals surface area contributed by atoms with Gasteiger partial charge in [0.15, 0.2) is 0 Å². The molecule has 4 heteroatoms. The highest BCUT2D eigenvalue weighted by Crippen LogP contribution is 2.20. The summed E-state index contributed by atoms with van der Waals surface area (Å²) in [6.45, 7) is 7.98. The Morgan fingerprint density at radius 3 is 2.61 bits per heavy atom. The van der Waals surface area contributed by atoms with Gasteiger partial charge in [0.1, 0.15) is 0 Å². The zero-order valence-electron chi connectivity index (χ0n) is 14.3. The van der Waals surface area contributed by atoms with Gasteiger partial charge >= 0.3 is 0 Å². The lowest BCUT2D eigenvalue weighted by molar-refractivity contribution is -0.131. The van der Waals surface area contributed by atoms with Crippen LogP contribution >= 0.6 is 0 Å². The maximum Gasteiger partial charge on any atom is 0.222 e. The Morgan fingerprint density at radius 2 is 1.91 bits per heavy atom. The van der Waals surface area contributed by atoms with Gasteiger partial charge in [-0.15, -0.1) is 0 Å². The molecule has 2 heterocycles. The molecule has 2 fully saturated rings. The van der Waals surface area contributed by atoms with Crippen LogP contribution in [0.15, 0.2) is 24.3 Å². The molecule has 3 rings (SSSR count). The van der Waals surface area contributed by atoms with E-state index >= 15 is 0 Å². The second-order valence-corrected chi connectivity index (χ2v) is 6.94. The highest BCUT2D eigenvalue weighted by atomic mass is 16.2. The van der Waals surface area contributed by atoms with Crippen molar-refractivity contribution in [1.82, 2.24) is 10.2 Å². The summed E-state index contributed by atoms with van der Waals surface area (Å²) in [5, 5.41) is 3.39. The summed E-state index contributed by atoms with van der Waals surface area (Å²) in [5.74, 6) is 1.10. The van der Waals surface area contributed by atoms with E-state index in [0.29, 0.717) is 5.91 Å². The van der Waals surface area contributed by atoms with Crippen molar-refractivity contribution in [3.8, 4) is 0 Å². The minimum Gasteiger partial charge on any atom is -0.368 e. The van der Waals surface area contributed by atoms with Crippen LogP contribution in [-0.4, -0.2) is 50.1 Å². The molecule has 1 N–H and O–H groups in total. The van der Waals surface area contributed by atoms with Gasteiger partial charge in [-0.1, -0.05) is 12.1 Å². The standard InChI is InChI=1S/C19H29N3O/c1-16-3-2-4-18(15-16)21-11-13-22(14-12-21)19(23)6-5-17-7-9-20-10-8-17/h2-4,15,17,20H,5-14H2,1H3. The monoisotopic (exact) mass is 315 g/mol. The topological polar surface area (TPSA) is 35.6 Å². The van der Waals surface area contributed by atoms with Crippen molar-refractivity contribution in [2.75, 3.05) is 44.2 Å². The van der Waals surface area contributed by atoms with Crippen LogP contribution in [0, 0.1) is 12.8 Å². The molecule has 126 valence electrons. The predicted molar refractivity (Wildman–Crippen MR) is 94.8 cm³/mol. The molecule has 1 aromatic carbocycles. The Balaban J connectivity index is 1.43. The summed E-state index contributed by atoms with van der Waals surface area (Å²) < 4.78 is 0. The maximum absolute atomic E-state index is 12.4. The van der Waals surface area contributed by atoms with E-state index in [1.807, 2.05) is 0 Å². The zero-order chi connectivity index (χ0) is 16.1. The number of nitrogens with one attached hydrogen (secondary N) is 1. The van der Waals surface area contributed by atoms with Gasteiger partial charge in [-0.3, -0.25) is 4.79 Å². The molecular formula is C19H29N3O. The molecular weight excluding hydrogens is 286 g/mol. The summed E-state index contributed by atoms with van der Waals surface area (Å²) in [6, 6.07) is 8.64. The molecule has 0 radical (unpaired) electrons. The highest BCUT2D eigenvalue weighted by molar-refractivity contribution is 5.76. The average molecular weight is 315 g/mol. The number of piperazine rings is 1. The van der Waals surface area contributed by atoms with E-state index in [4.69, 9.17) is 0 Å². The Bertz CT molecular complexity index is 517. The number of carbonyl (C=O) groups is 1. The molecule has 0 atom stereocenters. The quantitative estimate of drug-likeness (QED) is 0.927. The SMILES string of the molecule is Cc1cccc(N2CCN(C(=O)CCC3CCNCC3)CC2)c1. The number of amides is 1. The van der Waals surface area contributed by atoms with E-state index < -0.39 is 0 Å². The Morgan fingerprint density at radius 1 is 1.17 bits per heavy atom. The van der Waals surface area contributed by atoms with E-state index in [-0.39, 0.29) is 0 Å². The lowest BCUT2D eigenvalue weighted by Crippen LogP contribution is -2.48. The highest BCUT2D eigenvalue weighted by Gasteiger charge is 2.22. The molecule has 1 aromatic rings. The van der Waals surface area contributed by atoms with Crippen LogP contribution in [0.25, 0.3) is 0 Å². The fourth-order valence-corrected chi connectivity index (χ4v) is 3.69. The molecule has 0 aliphatic carbocycles.